The second-order valence-corrected chi connectivity index (χ2v) is 7.34. The number of hydrogen-bond acceptors (Lipinski definition) is 3. The van der Waals surface area contributed by atoms with E-state index in [0.29, 0.717) is 5.69 Å². The highest BCUT2D eigenvalue weighted by Gasteiger charge is 2.17. The van der Waals surface area contributed by atoms with Gasteiger partial charge in [-0.25, -0.2) is 0 Å². The molecule has 0 aliphatic carbocycles. The largest absolute Gasteiger partial charge is 0.321 e. The Labute approximate surface area is 146 Å². The summed E-state index contributed by atoms with van der Waals surface area (Å²) in [5.74, 6) is -0.183. The number of rotatable bonds is 4. The lowest BCUT2D eigenvalue weighted by molar-refractivity contribution is 0.102. The molecule has 0 bridgehead atoms. The summed E-state index contributed by atoms with van der Waals surface area (Å²) in [4.78, 5) is 15.0. The molecule has 0 saturated carbocycles. The first-order valence-corrected chi connectivity index (χ1v) is 8.83. The maximum absolute atomic E-state index is 12.5. The van der Waals surface area contributed by atoms with Crippen molar-refractivity contribution in [3.05, 3.63) is 57.4 Å². The first kappa shape index (κ1) is 16.5. The molecule has 24 heavy (non-hydrogen) atoms. The van der Waals surface area contributed by atoms with Gasteiger partial charge in [-0.05, 0) is 52.0 Å². The van der Waals surface area contributed by atoms with E-state index < -0.39 is 0 Å². The Kier molecular flexibility index (Phi) is 4.53. The molecule has 0 unspecified atom stereocenters. The molecule has 5 heteroatoms. The minimum atomic E-state index is -0.183. The monoisotopic (exact) mass is 339 g/mol. The Morgan fingerprint density at radius 3 is 2.46 bits per heavy atom. The molecule has 1 N–H and O–H groups in total. The zero-order chi connectivity index (χ0) is 17.3. The van der Waals surface area contributed by atoms with E-state index in [1.807, 2.05) is 48.9 Å². The molecule has 3 rings (SSSR count). The summed E-state index contributed by atoms with van der Waals surface area (Å²) in [6.45, 7) is 8.98. The van der Waals surface area contributed by atoms with E-state index in [-0.39, 0.29) is 5.91 Å². The molecule has 1 amide bonds. The van der Waals surface area contributed by atoms with Gasteiger partial charge in [0.25, 0.3) is 5.91 Å². The molecule has 0 fully saturated rings. The Bertz CT molecular complexity index is 875. The third-order valence-electron chi connectivity index (χ3n) is 3.94. The van der Waals surface area contributed by atoms with Crippen molar-refractivity contribution in [2.24, 2.45) is 0 Å². The number of carbonyl (C=O) groups excluding carboxylic acids is 1. The number of aryl methyl sites for hydroxylation is 4. The second-order valence-electron chi connectivity index (χ2n) is 5.88. The second kappa shape index (κ2) is 6.61. The van der Waals surface area contributed by atoms with Crippen LogP contribution in [0.2, 0.25) is 0 Å². The van der Waals surface area contributed by atoms with Gasteiger partial charge in [-0.2, -0.15) is 5.10 Å². The Morgan fingerprint density at radius 2 is 1.88 bits per heavy atom. The van der Waals surface area contributed by atoms with Crippen molar-refractivity contribution in [2.75, 3.05) is 5.32 Å². The molecule has 1 aromatic carbocycles. The van der Waals surface area contributed by atoms with E-state index in [0.717, 1.165) is 29.1 Å². The van der Waals surface area contributed by atoms with Crippen molar-refractivity contribution < 1.29 is 4.79 Å². The fourth-order valence-corrected chi connectivity index (χ4v) is 3.64. The number of thiophene rings is 1. The lowest BCUT2D eigenvalue weighted by Crippen LogP contribution is -2.13. The molecule has 0 atom stereocenters. The summed E-state index contributed by atoms with van der Waals surface area (Å²) in [7, 11) is 0. The van der Waals surface area contributed by atoms with E-state index in [9.17, 15) is 4.79 Å². The zero-order valence-electron chi connectivity index (χ0n) is 14.4. The topological polar surface area (TPSA) is 46.9 Å². The Morgan fingerprint density at radius 1 is 1.17 bits per heavy atom. The molecular formula is C19H21N3OS. The summed E-state index contributed by atoms with van der Waals surface area (Å²) >= 11 is 1.76. The van der Waals surface area contributed by atoms with Gasteiger partial charge in [0.2, 0.25) is 0 Å². The predicted octanol–water partition coefficient (Wildman–Crippen LogP) is 4.81. The van der Waals surface area contributed by atoms with E-state index in [4.69, 9.17) is 0 Å². The molecule has 2 aromatic heterocycles. The number of amides is 1. The van der Waals surface area contributed by atoms with Gasteiger partial charge >= 0.3 is 0 Å². The average Bonchev–Trinajstić information content (AvgIpc) is 3.12. The molecular weight excluding hydrogens is 318 g/mol. The highest BCUT2D eigenvalue weighted by molar-refractivity contribution is 7.12. The summed E-state index contributed by atoms with van der Waals surface area (Å²) < 4.78 is 1.89. The first-order chi connectivity index (χ1) is 11.5. The highest BCUT2D eigenvalue weighted by atomic mass is 32.1. The first-order valence-electron chi connectivity index (χ1n) is 8.01. The van der Waals surface area contributed by atoms with Crippen molar-refractivity contribution in [3.63, 3.8) is 0 Å². The van der Waals surface area contributed by atoms with E-state index in [1.165, 1.54) is 9.75 Å². The van der Waals surface area contributed by atoms with Crippen molar-refractivity contribution in [1.29, 1.82) is 0 Å². The summed E-state index contributed by atoms with van der Waals surface area (Å²) in [5, 5.41) is 7.39. The summed E-state index contributed by atoms with van der Waals surface area (Å²) in [6, 6.07) is 11.8. The van der Waals surface area contributed by atoms with Crippen molar-refractivity contribution in [2.45, 2.75) is 34.2 Å². The smallest absolute Gasteiger partial charge is 0.276 e. The van der Waals surface area contributed by atoms with Gasteiger partial charge in [-0.15, -0.1) is 11.3 Å². The third kappa shape index (κ3) is 3.26. The van der Waals surface area contributed by atoms with Crippen LogP contribution in [0.3, 0.4) is 0 Å². The maximum atomic E-state index is 12.5. The van der Waals surface area contributed by atoms with E-state index in [2.05, 4.69) is 30.3 Å². The van der Waals surface area contributed by atoms with Crippen LogP contribution in [0, 0.1) is 20.8 Å². The normalized spacial score (nSPS) is 10.8. The Balaban J connectivity index is 1.90. The van der Waals surface area contributed by atoms with E-state index in [1.54, 1.807) is 11.3 Å². The maximum Gasteiger partial charge on any atom is 0.276 e. The number of aromatic nitrogens is 2. The average molecular weight is 339 g/mol. The molecule has 0 saturated heterocycles. The molecule has 0 spiro atoms. The van der Waals surface area contributed by atoms with Gasteiger partial charge < -0.3 is 5.32 Å². The van der Waals surface area contributed by atoms with Crippen LogP contribution in [-0.4, -0.2) is 15.7 Å². The van der Waals surface area contributed by atoms with Crippen molar-refractivity contribution >= 4 is 22.9 Å². The number of hydrogen-bond donors (Lipinski definition) is 1. The van der Waals surface area contributed by atoms with Crippen LogP contribution in [0.1, 0.15) is 32.7 Å². The lowest BCUT2D eigenvalue weighted by Gasteiger charge is -2.03. The Hall–Kier alpha value is -2.40. The molecule has 2 heterocycles. The molecule has 0 aliphatic rings. The van der Waals surface area contributed by atoms with Gasteiger partial charge in [0.05, 0.1) is 5.69 Å². The van der Waals surface area contributed by atoms with Crippen LogP contribution in [-0.2, 0) is 6.54 Å². The summed E-state index contributed by atoms with van der Waals surface area (Å²) in [5.41, 5.74) is 4.53. The molecule has 4 nitrogen and oxygen atoms in total. The van der Waals surface area contributed by atoms with Gasteiger partial charge in [0.1, 0.15) is 0 Å². The highest BCUT2D eigenvalue weighted by Crippen LogP contribution is 2.31. The van der Waals surface area contributed by atoms with Crippen LogP contribution >= 0.6 is 11.3 Å². The van der Waals surface area contributed by atoms with Crippen LogP contribution in [0.25, 0.3) is 11.3 Å². The van der Waals surface area contributed by atoms with Gasteiger partial charge in [0, 0.05) is 27.5 Å². The number of nitrogens with one attached hydrogen (secondary N) is 1. The van der Waals surface area contributed by atoms with Gasteiger partial charge in [-0.3, -0.25) is 9.48 Å². The number of carbonyl (C=O) groups is 1. The number of nitrogens with zero attached hydrogens (tertiary/aromatic N) is 2. The molecule has 0 aliphatic heterocycles. The van der Waals surface area contributed by atoms with Gasteiger partial charge in [-0.1, -0.05) is 17.7 Å². The minimum Gasteiger partial charge on any atom is -0.321 e. The standard InChI is InChI=1S/C19H21N3OS/c1-5-22-18(16-10-13(3)24-14(16)4)11-17(21-22)19(23)20-15-8-6-12(2)7-9-15/h6-11H,5H2,1-4H3,(H,20,23). The number of benzene rings is 1. The van der Waals surface area contributed by atoms with Crippen LogP contribution in [0.15, 0.2) is 36.4 Å². The van der Waals surface area contributed by atoms with Crippen molar-refractivity contribution in [3.8, 4) is 11.3 Å². The van der Waals surface area contributed by atoms with Crippen LogP contribution in [0.4, 0.5) is 5.69 Å². The van der Waals surface area contributed by atoms with Crippen molar-refractivity contribution in [1.82, 2.24) is 9.78 Å². The van der Waals surface area contributed by atoms with E-state index >= 15 is 0 Å². The van der Waals surface area contributed by atoms with Gasteiger partial charge in [0.15, 0.2) is 5.69 Å². The van der Waals surface area contributed by atoms with Crippen LogP contribution < -0.4 is 5.32 Å². The number of anilines is 1. The fourth-order valence-electron chi connectivity index (χ4n) is 2.70. The fraction of sp³-hybridized carbons (Fsp3) is 0.263. The molecule has 3 aromatic rings. The predicted molar refractivity (Wildman–Crippen MR) is 99.8 cm³/mol. The summed E-state index contributed by atoms with van der Waals surface area (Å²) in [6.07, 6.45) is 0. The quantitative estimate of drug-likeness (QED) is 0.741. The SMILES string of the molecule is CCn1nc(C(=O)Nc2ccc(C)cc2)cc1-c1cc(C)sc1C. The van der Waals surface area contributed by atoms with Crippen LogP contribution in [0.5, 0.6) is 0 Å². The minimum absolute atomic E-state index is 0.183. The third-order valence-corrected chi connectivity index (χ3v) is 4.90. The molecule has 0 radical (unpaired) electrons. The zero-order valence-corrected chi connectivity index (χ0v) is 15.2. The lowest BCUT2D eigenvalue weighted by atomic mass is 10.1. The molecule has 124 valence electrons.